The number of nitrogens with two attached hydrogens (primary N) is 1. The van der Waals surface area contributed by atoms with Crippen LogP contribution in [-0.4, -0.2) is 10.2 Å². The van der Waals surface area contributed by atoms with Gasteiger partial charge in [-0.05, 0) is 24.3 Å². The normalized spacial score (nSPS) is 10.3. The van der Waals surface area contributed by atoms with Gasteiger partial charge in [0.2, 0.25) is 0 Å². The Morgan fingerprint density at radius 3 is 2.60 bits per heavy atom. The quantitative estimate of drug-likeness (QED) is 0.897. The molecule has 0 amide bonds. The van der Waals surface area contributed by atoms with Gasteiger partial charge >= 0.3 is 0 Å². The number of rotatable bonds is 3. The minimum atomic E-state index is 0.377. The van der Waals surface area contributed by atoms with E-state index >= 15 is 0 Å². The number of aromatic nitrogens is 2. The Bertz CT molecular complexity index is 443. The SMILES string of the molecule is NCc1nnc(Oc2ccc(Cl)cc2)s1. The maximum absolute atomic E-state index is 5.74. The Morgan fingerprint density at radius 2 is 2.00 bits per heavy atom. The van der Waals surface area contributed by atoms with Crippen LogP contribution >= 0.6 is 22.9 Å². The summed E-state index contributed by atoms with van der Waals surface area (Å²) in [4.78, 5) is 0. The van der Waals surface area contributed by atoms with Gasteiger partial charge in [0.15, 0.2) is 0 Å². The van der Waals surface area contributed by atoms with Gasteiger partial charge < -0.3 is 10.5 Å². The summed E-state index contributed by atoms with van der Waals surface area (Å²) in [6.45, 7) is 0.377. The first-order valence-corrected chi connectivity index (χ1v) is 5.43. The third kappa shape index (κ3) is 2.65. The smallest absolute Gasteiger partial charge is 0.299 e. The first-order chi connectivity index (χ1) is 7.28. The van der Waals surface area contributed by atoms with E-state index in [1.165, 1.54) is 11.3 Å². The second-order valence-corrected chi connectivity index (χ2v) is 4.18. The summed E-state index contributed by atoms with van der Waals surface area (Å²) < 4.78 is 5.45. The summed E-state index contributed by atoms with van der Waals surface area (Å²) in [5.74, 6) is 0.680. The van der Waals surface area contributed by atoms with Crippen molar-refractivity contribution < 1.29 is 4.74 Å². The summed E-state index contributed by atoms with van der Waals surface area (Å²) >= 11 is 7.07. The number of nitrogens with zero attached hydrogens (tertiary/aromatic N) is 2. The van der Waals surface area contributed by atoms with Gasteiger partial charge in [0, 0.05) is 11.6 Å². The lowest BCUT2D eigenvalue weighted by molar-refractivity contribution is 0.473. The highest BCUT2D eigenvalue weighted by atomic mass is 35.5. The minimum absolute atomic E-state index is 0.377. The first kappa shape index (κ1) is 10.4. The Hall–Kier alpha value is -1.17. The molecule has 0 aliphatic heterocycles. The molecule has 1 heterocycles. The molecule has 2 N–H and O–H groups in total. The van der Waals surface area contributed by atoms with E-state index in [9.17, 15) is 0 Å². The van der Waals surface area contributed by atoms with E-state index in [2.05, 4.69) is 10.2 Å². The molecule has 0 aliphatic carbocycles. The Kier molecular flexibility index (Phi) is 3.15. The Balaban J connectivity index is 2.11. The van der Waals surface area contributed by atoms with E-state index in [1.54, 1.807) is 24.3 Å². The van der Waals surface area contributed by atoms with E-state index in [-0.39, 0.29) is 0 Å². The van der Waals surface area contributed by atoms with Crippen LogP contribution in [0, 0.1) is 0 Å². The van der Waals surface area contributed by atoms with Crippen LogP contribution in [0.2, 0.25) is 5.02 Å². The molecule has 0 spiro atoms. The van der Waals surface area contributed by atoms with Crippen molar-refractivity contribution in [2.24, 2.45) is 5.73 Å². The molecule has 0 aliphatic rings. The molecule has 78 valence electrons. The fraction of sp³-hybridized carbons (Fsp3) is 0.111. The Morgan fingerprint density at radius 1 is 1.27 bits per heavy atom. The molecule has 2 rings (SSSR count). The topological polar surface area (TPSA) is 61.0 Å². The maximum atomic E-state index is 5.74. The summed E-state index contributed by atoms with van der Waals surface area (Å²) in [6.07, 6.45) is 0. The van der Waals surface area contributed by atoms with Crippen molar-refractivity contribution in [3.05, 3.63) is 34.3 Å². The molecule has 1 aromatic carbocycles. The van der Waals surface area contributed by atoms with E-state index in [0.717, 1.165) is 5.01 Å². The highest BCUT2D eigenvalue weighted by Crippen LogP contribution is 2.25. The first-order valence-electron chi connectivity index (χ1n) is 4.24. The van der Waals surface area contributed by atoms with Gasteiger partial charge in [-0.15, -0.1) is 5.10 Å². The molecule has 15 heavy (non-hydrogen) atoms. The van der Waals surface area contributed by atoms with Gasteiger partial charge in [-0.1, -0.05) is 28.0 Å². The number of hydrogen-bond donors (Lipinski definition) is 1. The van der Waals surface area contributed by atoms with E-state index in [1.807, 2.05) is 0 Å². The van der Waals surface area contributed by atoms with Crippen LogP contribution in [0.4, 0.5) is 0 Å². The lowest BCUT2D eigenvalue weighted by Crippen LogP contribution is -1.94. The second kappa shape index (κ2) is 4.57. The summed E-state index contributed by atoms with van der Waals surface area (Å²) in [5, 5.41) is 9.58. The standard InChI is InChI=1S/C9H8ClN3OS/c10-6-1-3-7(4-2-6)14-9-13-12-8(5-11)15-9/h1-4H,5,11H2. The number of benzene rings is 1. The largest absolute Gasteiger partial charge is 0.430 e. The monoisotopic (exact) mass is 241 g/mol. The number of ether oxygens (including phenoxy) is 1. The molecule has 6 heteroatoms. The van der Waals surface area contributed by atoms with Crippen molar-refractivity contribution in [3.63, 3.8) is 0 Å². The number of halogens is 1. The fourth-order valence-electron chi connectivity index (χ4n) is 0.965. The van der Waals surface area contributed by atoms with Crippen molar-refractivity contribution in [2.75, 3.05) is 0 Å². The molecule has 0 saturated carbocycles. The molecule has 2 aromatic rings. The van der Waals surface area contributed by atoms with Crippen LogP contribution < -0.4 is 10.5 Å². The summed E-state index contributed by atoms with van der Waals surface area (Å²) in [5.41, 5.74) is 5.41. The predicted octanol–water partition coefficient (Wildman–Crippen LogP) is 2.44. The van der Waals surface area contributed by atoms with Crippen LogP contribution in [-0.2, 0) is 6.54 Å². The van der Waals surface area contributed by atoms with Gasteiger partial charge in [0.05, 0.1) is 0 Å². The van der Waals surface area contributed by atoms with Crippen LogP contribution in [0.5, 0.6) is 10.9 Å². The van der Waals surface area contributed by atoms with Gasteiger partial charge in [-0.2, -0.15) is 0 Å². The molecule has 0 radical (unpaired) electrons. The Labute approximate surface area is 95.7 Å². The molecule has 0 atom stereocenters. The van der Waals surface area contributed by atoms with Gasteiger partial charge in [-0.3, -0.25) is 0 Å². The zero-order chi connectivity index (χ0) is 10.7. The number of hydrogen-bond acceptors (Lipinski definition) is 5. The van der Waals surface area contributed by atoms with Crippen molar-refractivity contribution in [3.8, 4) is 10.9 Å². The molecular weight excluding hydrogens is 234 g/mol. The van der Waals surface area contributed by atoms with Crippen molar-refractivity contribution in [1.29, 1.82) is 0 Å². The van der Waals surface area contributed by atoms with Crippen molar-refractivity contribution in [2.45, 2.75) is 6.54 Å². The maximum Gasteiger partial charge on any atom is 0.299 e. The molecular formula is C9H8ClN3OS. The predicted molar refractivity (Wildman–Crippen MR) is 59.3 cm³/mol. The zero-order valence-electron chi connectivity index (χ0n) is 7.68. The second-order valence-electron chi connectivity index (χ2n) is 2.72. The summed E-state index contributed by atoms with van der Waals surface area (Å²) in [6, 6.07) is 7.04. The average Bonchev–Trinajstić information content (AvgIpc) is 2.69. The molecule has 1 aromatic heterocycles. The third-order valence-electron chi connectivity index (χ3n) is 1.64. The van der Waals surface area contributed by atoms with E-state index < -0.39 is 0 Å². The molecule has 0 saturated heterocycles. The highest BCUT2D eigenvalue weighted by molar-refractivity contribution is 7.13. The molecule has 0 unspecified atom stereocenters. The molecule has 0 bridgehead atoms. The van der Waals surface area contributed by atoms with Crippen LogP contribution in [0.3, 0.4) is 0 Å². The van der Waals surface area contributed by atoms with Gasteiger partial charge in [-0.25, -0.2) is 0 Å². The van der Waals surface area contributed by atoms with Crippen LogP contribution in [0.1, 0.15) is 5.01 Å². The lowest BCUT2D eigenvalue weighted by atomic mass is 10.3. The zero-order valence-corrected chi connectivity index (χ0v) is 9.26. The van der Waals surface area contributed by atoms with Crippen LogP contribution in [0.25, 0.3) is 0 Å². The van der Waals surface area contributed by atoms with Gasteiger partial charge in [0.25, 0.3) is 5.19 Å². The molecule has 0 fully saturated rings. The van der Waals surface area contributed by atoms with E-state index in [0.29, 0.717) is 22.5 Å². The van der Waals surface area contributed by atoms with E-state index in [4.69, 9.17) is 22.1 Å². The highest BCUT2D eigenvalue weighted by Gasteiger charge is 2.04. The van der Waals surface area contributed by atoms with Crippen molar-refractivity contribution >= 4 is 22.9 Å². The van der Waals surface area contributed by atoms with Crippen LogP contribution in [0.15, 0.2) is 24.3 Å². The lowest BCUT2D eigenvalue weighted by Gasteiger charge is -1.99. The molecule has 4 nitrogen and oxygen atoms in total. The third-order valence-corrected chi connectivity index (χ3v) is 2.72. The average molecular weight is 242 g/mol. The van der Waals surface area contributed by atoms with Crippen molar-refractivity contribution in [1.82, 2.24) is 10.2 Å². The fourth-order valence-corrected chi connectivity index (χ4v) is 1.68. The minimum Gasteiger partial charge on any atom is -0.430 e. The summed E-state index contributed by atoms with van der Waals surface area (Å²) in [7, 11) is 0. The van der Waals surface area contributed by atoms with Gasteiger partial charge in [0.1, 0.15) is 10.8 Å².